The SMILES string of the molecule is CC.CC(C)(C)OC(=O)N1CCCC(CNC(=O)c2cn(COCC[Si](C)(C)C)c3ncc(C4CC4)nc23)C1.CS(=O)(=O)N1CCCC(CNC(=O)c2c[nH]c3ncc(C4CC4)nc23)C1.C[Si](C)(C)CCOCn1cc(C(=O)O)c2nc(C3CC3)cnc21. The third-order valence-corrected chi connectivity index (χ3v) is 20.6. The van der Waals surface area contributed by atoms with Gasteiger partial charge in [0.15, 0.2) is 16.9 Å². The molecule has 11 rings (SSSR count). The first kappa shape index (κ1) is 67.7. The molecule has 6 aromatic rings. The van der Waals surface area contributed by atoms with Crippen LogP contribution in [0.2, 0.25) is 51.4 Å². The van der Waals surface area contributed by atoms with Crippen molar-refractivity contribution in [2.24, 2.45) is 11.8 Å². The van der Waals surface area contributed by atoms with E-state index in [2.05, 4.69) is 79.8 Å². The van der Waals surface area contributed by atoms with Crippen molar-refractivity contribution in [1.82, 2.24) is 63.9 Å². The largest absolute Gasteiger partial charge is 0.478 e. The molecule has 2 unspecified atom stereocenters. The van der Waals surface area contributed by atoms with Gasteiger partial charge in [0, 0.05) is 105 Å². The molecule has 8 heterocycles. The normalized spacial score (nSPS) is 18.4. The molecule has 23 nitrogen and oxygen atoms in total. The van der Waals surface area contributed by atoms with E-state index in [4.69, 9.17) is 19.2 Å². The first-order valence-corrected chi connectivity index (χ1v) is 40.9. The molecule has 88 heavy (non-hydrogen) atoms. The van der Waals surface area contributed by atoms with Crippen molar-refractivity contribution in [3.63, 3.8) is 0 Å². The Balaban J connectivity index is 0.000000174. The molecule has 0 radical (unpaired) electrons. The molecule has 5 aliphatic rings. The molecule has 482 valence electrons. The summed E-state index contributed by atoms with van der Waals surface area (Å²) in [7, 11) is -5.50. The Labute approximate surface area is 520 Å². The van der Waals surface area contributed by atoms with Crippen LogP contribution >= 0.6 is 0 Å². The minimum absolute atomic E-state index is 0.126. The maximum Gasteiger partial charge on any atom is 0.410 e. The molecular weight excluding hydrogens is 1180 g/mol. The number of aromatic carboxylic acids is 1. The van der Waals surface area contributed by atoms with Crippen LogP contribution in [-0.4, -0.2) is 171 Å². The highest BCUT2D eigenvalue weighted by atomic mass is 32.2. The highest BCUT2D eigenvalue weighted by Crippen LogP contribution is 2.41. The second kappa shape index (κ2) is 29.2. The van der Waals surface area contributed by atoms with E-state index < -0.39 is 37.7 Å². The number of piperidine rings is 2. The average Bonchev–Trinajstić information content (AvgIpc) is 2.11. The molecule has 3 saturated carbocycles. The van der Waals surface area contributed by atoms with E-state index in [9.17, 15) is 32.7 Å². The lowest BCUT2D eigenvalue weighted by molar-refractivity contribution is 0.0167. The summed E-state index contributed by atoms with van der Waals surface area (Å²) in [4.78, 5) is 82.2. The van der Waals surface area contributed by atoms with Crippen molar-refractivity contribution in [3.05, 3.63) is 71.0 Å². The van der Waals surface area contributed by atoms with E-state index in [1.165, 1.54) is 10.6 Å². The highest BCUT2D eigenvalue weighted by Gasteiger charge is 2.33. The van der Waals surface area contributed by atoms with Gasteiger partial charge in [-0.1, -0.05) is 53.1 Å². The maximum absolute atomic E-state index is 13.3. The van der Waals surface area contributed by atoms with Crippen LogP contribution < -0.4 is 10.6 Å². The van der Waals surface area contributed by atoms with Crippen molar-refractivity contribution in [3.8, 4) is 0 Å². The molecular formula is C62H95N13O10SSi2. The third kappa shape index (κ3) is 19.4. The monoisotopic (exact) mass is 1270 g/mol. The number of carboxylic acid groups (broad SMARTS) is 1. The Morgan fingerprint density at radius 2 is 1.10 bits per heavy atom. The molecule has 5 fully saturated rings. The van der Waals surface area contributed by atoms with E-state index >= 15 is 0 Å². The fourth-order valence-electron chi connectivity index (χ4n) is 10.4. The number of hydrogen-bond donors (Lipinski definition) is 4. The summed E-state index contributed by atoms with van der Waals surface area (Å²) in [5, 5.41) is 15.4. The lowest BCUT2D eigenvalue weighted by atomic mass is 9.98. The molecule has 0 spiro atoms. The quantitative estimate of drug-likeness (QED) is 0.0385. The molecule has 2 atom stereocenters. The fraction of sp³-hybridized carbons (Fsp3) is 0.645. The molecule has 0 bridgehead atoms. The van der Waals surface area contributed by atoms with Gasteiger partial charge in [0.05, 0.1) is 53.1 Å². The Bertz CT molecular complexity index is 3500. The standard InChI is InChI=1S/C27H43N5O4Si.C17H23N5O3S.C16H23N3O3Si.C2H6/c1-27(2,3)36-26(34)31-11-7-8-19(16-31)14-29-25(33)21-17-32(18-35-12-13-37(4,5)6)24-23(21)30-22(15-28-24)20-9-10-20;1-26(24,25)22-6-2-3-11(10-22)7-20-17(23)13-8-18-16-15(13)21-14(9-19-16)12-4-5-12;1-23(2,3)7-6-22-10-19-9-12(16(20)21)14-15(19)17-8-13(18-14)11-4-5-11;1-2/h15,17,19-20H,7-14,16,18H2,1-6H3,(H,29,33);8-9,11-12H,2-7,10H2,1H3,(H,18,19)(H,20,23);8-9,11H,4-7,10H2,1-3H3,(H,20,21);1-2H3. The second-order valence-corrected chi connectivity index (χ2v) is 40.7. The molecule has 2 aliphatic heterocycles. The Morgan fingerprint density at radius 1 is 0.648 bits per heavy atom. The number of carbonyl (C=O) groups is 4. The first-order valence-electron chi connectivity index (χ1n) is 31.6. The van der Waals surface area contributed by atoms with E-state index in [1.807, 2.05) is 51.6 Å². The number of carbonyl (C=O) groups excluding carboxylic acids is 3. The van der Waals surface area contributed by atoms with Gasteiger partial charge in [0.1, 0.15) is 41.2 Å². The Morgan fingerprint density at radius 3 is 1.58 bits per heavy atom. The van der Waals surface area contributed by atoms with E-state index in [0.717, 1.165) is 93.4 Å². The van der Waals surface area contributed by atoms with E-state index in [0.29, 0.717) is 128 Å². The van der Waals surface area contributed by atoms with Crippen LogP contribution in [0.4, 0.5) is 4.79 Å². The van der Waals surface area contributed by atoms with Gasteiger partial charge < -0.3 is 49.0 Å². The lowest BCUT2D eigenvalue weighted by Gasteiger charge is -2.34. The number of fused-ring (bicyclic) bond motifs is 3. The summed E-state index contributed by atoms with van der Waals surface area (Å²) in [6.07, 6.45) is 21.7. The van der Waals surface area contributed by atoms with Gasteiger partial charge in [-0.15, -0.1) is 0 Å². The van der Waals surface area contributed by atoms with Gasteiger partial charge in [-0.25, -0.2) is 52.2 Å². The van der Waals surface area contributed by atoms with Crippen LogP contribution in [0.1, 0.15) is 165 Å². The number of nitrogens with one attached hydrogen (secondary N) is 3. The average molecular weight is 1270 g/mol. The van der Waals surface area contributed by atoms with Crippen LogP contribution in [0, 0.1) is 11.8 Å². The fourth-order valence-corrected chi connectivity index (χ4v) is 12.9. The van der Waals surface area contributed by atoms with E-state index in [1.54, 1.807) is 34.3 Å². The van der Waals surface area contributed by atoms with Crippen LogP contribution in [0.25, 0.3) is 33.5 Å². The van der Waals surface area contributed by atoms with Crippen molar-refractivity contribution >= 4 is 83.5 Å². The number of rotatable bonds is 21. The summed E-state index contributed by atoms with van der Waals surface area (Å²) in [5.74, 6) is 0.338. The van der Waals surface area contributed by atoms with Crippen molar-refractivity contribution in [2.45, 2.75) is 187 Å². The minimum Gasteiger partial charge on any atom is -0.478 e. The van der Waals surface area contributed by atoms with Crippen LogP contribution in [0.15, 0.2) is 37.2 Å². The summed E-state index contributed by atoms with van der Waals surface area (Å²) in [6, 6.07) is 2.16. The predicted octanol–water partition coefficient (Wildman–Crippen LogP) is 10.6. The second-order valence-electron chi connectivity index (χ2n) is 27.5. The topological polar surface area (TPSA) is 284 Å². The van der Waals surface area contributed by atoms with Crippen molar-refractivity contribution in [1.29, 1.82) is 0 Å². The first-order chi connectivity index (χ1) is 41.7. The Hall–Kier alpha value is -6.20. The molecule has 2 saturated heterocycles. The predicted molar refractivity (Wildman–Crippen MR) is 346 cm³/mol. The smallest absolute Gasteiger partial charge is 0.410 e. The number of amides is 3. The number of sulfonamides is 1. The summed E-state index contributed by atoms with van der Waals surface area (Å²) >= 11 is 0. The zero-order valence-corrected chi connectivity index (χ0v) is 56.7. The molecule has 4 N–H and O–H groups in total. The number of ether oxygens (including phenoxy) is 3. The number of nitrogens with zero attached hydrogens (tertiary/aromatic N) is 10. The van der Waals surface area contributed by atoms with Gasteiger partial charge in [-0.05, 0) is 109 Å². The Kier molecular flexibility index (Phi) is 22.5. The van der Waals surface area contributed by atoms with Gasteiger partial charge in [-0.2, -0.15) is 0 Å². The molecule has 6 aromatic heterocycles. The molecule has 3 aliphatic carbocycles. The maximum atomic E-state index is 13.3. The van der Waals surface area contributed by atoms with Crippen LogP contribution in [0.3, 0.4) is 0 Å². The number of H-pyrrole nitrogens is 1. The summed E-state index contributed by atoms with van der Waals surface area (Å²) in [5.41, 5.74) is 7.08. The molecule has 26 heteroatoms. The van der Waals surface area contributed by atoms with Crippen molar-refractivity contribution < 1.29 is 46.9 Å². The van der Waals surface area contributed by atoms with Crippen LogP contribution in [0.5, 0.6) is 0 Å². The highest BCUT2D eigenvalue weighted by molar-refractivity contribution is 7.88. The summed E-state index contributed by atoms with van der Waals surface area (Å²) in [6.45, 7) is 28.8. The number of aromatic nitrogens is 9. The molecule has 3 amide bonds. The molecule has 0 aromatic carbocycles. The van der Waals surface area contributed by atoms with Gasteiger partial charge in [0.25, 0.3) is 11.8 Å². The van der Waals surface area contributed by atoms with Gasteiger partial charge in [0.2, 0.25) is 10.0 Å². The van der Waals surface area contributed by atoms with Crippen LogP contribution in [-0.2, 0) is 37.7 Å². The van der Waals surface area contributed by atoms with Crippen molar-refractivity contribution in [2.75, 3.05) is 58.7 Å². The van der Waals surface area contributed by atoms with Gasteiger partial charge >= 0.3 is 12.1 Å². The van der Waals surface area contributed by atoms with E-state index in [-0.39, 0.29) is 35.3 Å². The van der Waals surface area contributed by atoms with Gasteiger partial charge in [-0.3, -0.25) is 9.59 Å². The number of aromatic amines is 1. The number of hydrogen-bond acceptors (Lipinski definition) is 15. The number of likely N-dealkylation sites (tertiary alicyclic amines) is 1. The number of carboxylic acids is 1. The minimum atomic E-state index is -3.18. The lowest BCUT2D eigenvalue weighted by Crippen LogP contribution is -2.45. The summed E-state index contributed by atoms with van der Waals surface area (Å²) < 4.78 is 45.8. The third-order valence-electron chi connectivity index (χ3n) is 16.0. The zero-order chi connectivity index (χ0) is 63.7. The zero-order valence-electron chi connectivity index (χ0n) is 53.9.